The number of fused-ring (bicyclic) bond motifs is 1. The minimum Gasteiger partial charge on any atom is -0.481 e. The van der Waals surface area contributed by atoms with Crippen LogP contribution in [0.1, 0.15) is 28.9 Å². The maximum Gasteiger partial charge on any atom is 0.308 e. The van der Waals surface area contributed by atoms with Gasteiger partial charge in [-0.1, -0.05) is 30.3 Å². The molecule has 1 amide bonds. The third kappa shape index (κ3) is 3.15. The van der Waals surface area contributed by atoms with Crippen LogP contribution in [-0.4, -0.2) is 22.0 Å². The summed E-state index contributed by atoms with van der Waals surface area (Å²) in [5.74, 6) is -1.99. The number of rotatable bonds is 5. The van der Waals surface area contributed by atoms with Crippen molar-refractivity contribution in [2.45, 2.75) is 13.0 Å². The van der Waals surface area contributed by atoms with E-state index in [1.54, 1.807) is 19.1 Å². The highest BCUT2D eigenvalue weighted by Crippen LogP contribution is 2.23. The molecule has 0 radical (unpaired) electrons. The molecule has 0 aliphatic carbocycles. The monoisotopic (exact) mass is 322 g/mol. The summed E-state index contributed by atoms with van der Waals surface area (Å²) in [6, 6.07) is 15.8. The van der Waals surface area contributed by atoms with Crippen LogP contribution >= 0.6 is 0 Å². The molecule has 1 heterocycles. The van der Waals surface area contributed by atoms with E-state index < -0.39 is 17.9 Å². The first-order chi connectivity index (χ1) is 11.6. The molecule has 0 unspecified atom stereocenters. The minimum atomic E-state index is -0.953. The number of nitrogens with one attached hydrogen (secondary N) is 2. The van der Waals surface area contributed by atoms with E-state index in [2.05, 4.69) is 10.3 Å². The highest BCUT2D eigenvalue weighted by molar-refractivity contribution is 5.98. The predicted molar refractivity (Wildman–Crippen MR) is 91.7 cm³/mol. The second kappa shape index (κ2) is 6.58. The number of carboxylic acid groups (broad SMARTS) is 1. The molecule has 5 nitrogen and oxygen atoms in total. The number of carbonyl (C=O) groups is 2. The van der Waals surface area contributed by atoms with Crippen LogP contribution in [0.4, 0.5) is 0 Å². The highest BCUT2D eigenvalue weighted by Gasteiger charge is 2.27. The van der Waals surface area contributed by atoms with Crippen LogP contribution in [0.5, 0.6) is 0 Å². The number of hydrogen-bond donors (Lipinski definition) is 3. The fourth-order valence-electron chi connectivity index (χ4n) is 2.72. The summed E-state index contributed by atoms with van der Waals surface area (Å²) in [5.41, 5.74) is 2.22. The summed E-state index contributed by atoms with van der Waals surface area (Å²) >= 11 is 0. The van der Waals surface area contributed by atoms with Crippen LogP contribution < -0.4 is 5.32 Å². The zero-order chi connectivity index (χ0) is 17.1. The number of hydrogen-bond acceptors (Lipinski definition) is 2. The van der Waals surface area contributed by atoms with Crippen molar-refractivity contribution in [2.24, 2.45) is 5.92 Å². The van der Waals surface area contributed by atoms with Gasteiger partial charge in [0.25, 0.3) is 5.91 Å². The molecule has 2 aromatic carbocycles. The molecule has 0 saturated carbocycles. The predicted octanol–water partition coefficient (Wildman–Crippen LogP) is 3.36. The Balaban J connectivity index is 1.88. The van der Waals surface area contributed by atoms with Crippen LogP contribution in [-0.2, 0) is 4.79 Å². The number of aliphatic carboxylic acids is 1. The van der Waals surface area contributed by atoms with Gasteiger partial charge in [0.05, 0.1) is 12.0 Å². The van der Waals surface area contributed by atoms with Gasteiger partial charge in [-0.3, -0.25) is 9.59 Å². The van der Waals surface area contributed by atoms with Crippen LogP contribution in [0.25, 0.3) is 10.9 Å². The molecule has 2 atom stereocenters. The minimum absolute atomic E-state index is 0.292. The van der Waals surface area contributed by atoms with Crippen molar-refractivity contribution < 1.29 is 14.7 Å². The molecule has 3 rings (SSSR count). The molecule has 0 aliphatic heterocycles. The SMILES string of the molecule is C[C@@H](C(=O)O)[C@@H](NC(=O)c1ccc2[nH]ccc2c1)c1ccccc1. The highest BCUT2D eigenvalue weighted by atomic mass is 16.4. The molecule has 5 heteroatoms. The number of benzene rings is 2. The second-order valence-electron chi connectivity index (χ2n) is 5.77. The lowest BCUT2D eigenvalue weighted by atomic mass is 9.94. The molecule has 0 fully saturated rings. The molecule has 24 heavy (non-hydrogen) atoms. The summed E-state index contributed by atoms with van der Waals surface area (Å²) in [4.78, 5) is 27.1. The molecular formula is C19H18N2O3. The number of carbonyl (C=O) groups excluding carboxylic acids is 1. The summed E-state index contributed by atoms with van der Waals surface area (Å²) in [6.45, 7) is 1.59. The molecule has 3 aromatic rings. The van der Waals surface area contributed by atoms with Crippen molar-refractivity contribution in [3.8, 4) is 0 Å². The summed E-state index contributed by atoms with van der Waals surface area (Å²) in [7, 11) is 0. The van der Waals surface area contributed by atoms with Gasteiger partial charge in [-0.25, -0.2) is 0 Å². The third-order valence-corrected chi connectivity index (χ3v) is 4.15. The van der Waals surface area contributed by atoms with Gasteiger partial charge >= 0.3 is 5.97 Å². The van der Waals surface area contributed by atoms with Gasteiger partial charge in [-0.05, 0) is 36.8 Å². The smallest absolute Gasteiger partial charge is 0.308 e. The average molecular weight is 322 g/mol. The van der Waals surface area contributed by atoms with E-state index in [4.69, 9.17) is 0 Å². The quantitative estimate of drug-likeness (QED) is 0.673. The number of amides is 1. The van der Waals surface area contributed by atoms with Gasteiger partial charge in [0.15, 0.2) is 0 Å². The summed E-state index contributed by atoms with van der Waals surface area (Å²) in [5, 5.41) is 13.1. The van der Waals surface area contributed by atoms with Gasteiger partial charge in [-0.2, -0.15) is 0 Å². The Morgan fingerprint density at radius 2 is 1.83 bits per heavy atom. The van der Waals surface area contributed by atoms with E-state index in [1.165, 1.54) is 0 Å². The fourth-order valence-corrected chi connectivity index (χ4v) is 2.72. The Kier molecular flexibility index (Phi) is 4.33. The van der Waals surface area contributed by atoms with Crippen molar-refractivity contribution in [3.63, 3.8) is 0 Å². The van der Waals surface area contributed by atoms with Gasteiger partial charge in [0, 0.05) is 22.7 Å². The van der Waals surface area contributed by atoms with Gasteiger partial charge in [-0.15, -0.1) is 0 Å². The molecule has 0 aliphatic rings. The normalized spacial score (nSPS) is 13.4. The Morgan fingerprint density at radius 1 is 1.08 bits per heavy atom. The third-order valence-electron chi connectivity index (χ3n) is 4.15. The number of H-pyrrole nitrogens is 1. The van der Waals surface area contributed by atoms with Gasteiger partial charge in [0.1, 0.15) is 0 Å². The first-order valence-electron chi connectivity index (χ1n) is 7.72. The van der Waals surface area contributed by atoms with Crippen LogP contribution in [0.3, 0.4) is 0 Å². The largest absolute Gasteiger partial charge is 0.481 e. The van der Waals surface area contributed by atoms with Crippen molar-refractivity contribution in [3.05, 3.63) is 71.9 Å². The Bertz CT molecular complexity index is 870. The lowest BCUT2D eigenvalue weighted by Gasteiger charge is -2.23. The fraction of sp³-hybridized carbons (Fsp3) is 0.158. The topological polar surface area (TPSA) is 82.2 Å². The Morgan fingerprint density at radius 3 is 2.54 bits per heavy atom. The Labute approximate surface area is 139 Å². The first kappa shape index (κ1) is 15.8. The van der Waals surface area contributed by atoms with Crippen molar-refractivity contribution in [2.75, 3.05) is 0 Å². The molecule has 1 aromatic heterocycles. The van der Waals surface area contributed by atoms with E-state index in [0.29, 0.717) is 5.56 Å². The zero-order valence-electron chi connectivity index (χ0n) is 13.2. The molecule has 122 valence electrons. The number of aromatic amines is 1. The van der Waals surface area contributed by atoms with Crippen LogP contribution in [0.2, 0.25) is 0 Å². The van der Waals surface area contributed by atoms with Gasteiger partial charge < -0.3 is 15.4 Å². The maximum absolute atomic E-state index is 12.6. The molecule has 3 N–H and O–H groups in total. The maximum atomic E-state index is 12.6. The van der Waals surface area contributed by atoms with Gasteiger partial charge in [0.2, 0.25) is 0 Å². The molecule has 0 spiro atoms. The number of carboxylic acids is 1. The lowest BCUT2D eigenvalue weighted by Crippen LogP contribution is -2.35. The van der Waals surface area contributed by atoms with Crippen LogP contribution in [0, 0.1) is 5.92 Å². The van der Waals surface area contributed by atoms with E-state index >= 15 is 0 Å². The lowest BCUT2D eigenvalue weighted by molar-refractivity contribution is -0.142. The van der Waals surface area contributed by atoms with Crippen molar-refractivity contribution in [1.82, 2.24) is 10.3 Å². The second-order valence-corrected chi connectivity index (χ2v) is 5.77. The Hall–Kier alpha value is -3.08. The molecule has 0 bridgehead atoms. The summed E-state index contributed by atoms with van der Waals surface area (Å²) in [6.07, 6.45) is 1.81. The van der Waals surface area contributed by atoms with E-state index in [0.717, 1.165) is 16.5 Å². The van der Waals surface area contributed by atoms with E-state index in [9.17, 15) is 14.7 Å². The molecular weight excluding hydrogens is 304 g/mol. The standard InChI is InChI=1S/C19H18N2O3/c1-12(19(23)24)17(13-5-3-2-4-6-13)21-18(22)15-7-8-16-14(11-15)9-10-20-16/h2-12,17,20H,1H3,(H,21,22)(H,23,24)/t12-,17-/m1/s1. The van der Waals surface area contributed by atoms with Crippen LogP contribution in [0.15, 0.2) is 60.8 Å². The zero-order valence-corrected chi connectivity index (χ0v) is 13.2. The van der Waals surface area contributed by atoms with Crippen molar-refractivity contribution >= 4 is 22.8 Å². The summed E-state index contributed by atoms with van der Waals surface area (Å²) < 4.78 is 0. The first-order valence-corrected chi connectivity index (χ1v) is 7.72. The average Bonchev–Trinajstić information content (AvgIpc) is 3.07. The van der Waals surface area contributed by atoms with Crippen molar-refractivity contribution in [1.29, 1.82) is 0 Å². The molecule has 0 saturated heterocycles. The van der Waals surface area contributed by atoms with E-state index in [-0.39, 0.29) is 5.91 Å². The van der Waals surface area contributed by atoms with E-state index in [1.807, 2.05) is 48.7 Å². The number of aromatic nitrogens is 1.